The van der Waals surface area contributed by atoms with Gasteiger partial charge in [-0.3, -0.25) is 0 Å². The van der Waals surface area contributed by atoms with Crippen LogP contribution in [0.4, 0.5) is 17.1 Å². The second-order valence-electron chi connectivity index (χ2n) is 10.7. The first-order chi connectivity index (χ1) is 20.8. The molecule has 0 atom stereocenters. The van der Waals surface area contributed by atoms with Crippen molar-refractivity contribution in [1.29, 1.82) is 0 Å². The maximum Gasteiger partial charge on any atom is 0.241 e. The van der Waals surface area contributed by atoms with Crippen LogP contribution >= 0.6 is 0 Å². The molecule has 216 valence electrons. The van der Waals surface area contributed by atoms with Crippen LogP contribution < -0.4 is 24.0 Å². The summed E-state index contributed by atoms with van der Waals surface area (Å²) in [6.45, 7) is 5.12. The smallest absolute Gasteiger partial charge is 0.241 e. The van der Waals surface area contributed by atoms with Gasteiger partial charge in [-0.05, 0) is 29.3 Å². The molecule has 0 saturated carbocycles. The predicted molar refractivity (Wildman–Crippen MR) is 161 cm³/mol. The molecule has 0 aliphatic carbocycles. The highest BCUT2D eigenvalue weighted by atomic mass is 16.7. The van der Waals surface area contributed by atoms with Gasteiger partial charge in [0, 0.05) is 32.0 Å². The van der Waals surface area contributed by atoms with Gasteiger partial charge in [-0.2, -0.15) is 4.98 Å². The molecule has 7 rings (SSSR count). The minimum absolute atomic E-state index is 0.403. The summed E-state index contributed by atoms with van der Waals surface area (Å²) in [5, 5.41) is 0. The van der Waals surface area contributed by atoms with Crippen molar-refractivity contribution in [3.63, 3.8) is 0 Å². The molecule has 0 unspecified atom stereocenters. The molecule has 4 aromatic rings. The molecule has 3 aliphatic heterocycles. The highest BCUT2D eigenvalue weighted by molar-refractivity contribution is 5.80. The van der Waals surface area contributed by atoms with E-state index in [4.69, 9.17) is 28.7 Å². The van der Waals surface area contributed by atoms with E-state index in [2.05, 4.69) is 40.1 Å². The van der Waals surface area contributed by atoms with Gasteiger partial charge in [0.25, 0.3) is 0 Å². The normalized spacial score (nSPS) is 17.5. The van der Waals surface area contributed by atoms with E-state index in [-0.39, 0.29) is 0 Å². The lowest BCUT2D eigenvalue weighted by Crippen LogP contribution is -2.45. The molecular formula is C34H35N3O5. The van der Waals surface area contributed by atoms with Crippen LogP contribution in [-0.2, 0) is 22.7 Å². The number of piperidine rings is 1. The first-order valence-corrected chi connectivity index (χ1v) is 14.7. The van der Waals surface area contributed by atoms with E-state index in [1.165, 1.54) is 0 Å². The standard InChI is InChI=1S/C34H35N3O5/c1-3-8-26(9-4-1)24-39-31-15-14-30(33(35-31)40-25-27-10-5-2-6-11-27)37-20-21-38-32-28(12-7-13-29(32)37)36-18-16-34(17-19-36)41-22-23-42-34/h1-15H,16-25H2. The number of nitrogens with zero attached hydrogens (tertiary/aromatic N) is 3. The van der Waals surface area contributed by atoms with Crippen molar-refractivity contribution < 1.29 is 23.7 Å². The molecule has 1 spiro atoms. The number of ether oxygens (including phenoxy) is 5. The number of aromatic nitrogens is 1. The maximum absolute atomic E-state index is 6.37. The molecule has 42 heavy (non-hydrogen) atoms. The summed E-state index contributed by atoms with van der Waals surface area (Å²) >= 11 is 0. The Morgan fingerprint density at radius 3 is 2.02 bits per heavy atom. The van der Waals surface area contributed by atoms with Crippen LogP contribution in [0.3, 0.4) is 0 Å². The first-order valence-electron chi connectivity index (χ1n) is 14.7. The highest BCUT2D eigenvalue weighted by Gasteiger charge is 2.40. The molecular weight excluding hydrogens is 530 g/mol. The Kier molecular flexibility index (Phi) is 7.55. The molecule has 8 heteroatoms. The van der Waals surface area contributed by atoms with Gasteiger partial charge in [0.2, 0.25) is 11.8 Å². The van der Waals surface area contributed by atoms with Crippen LogP contribution in [0.15, 0.2) is 91.0 Å². The van der Waals surface area contributed by atoms with Crippen LogP contribution in [0.2, 0.25) is 0 Å². The van der Waals surface area contributed by atoms with Crippen molar-refractivity contribution in [2.24, 2.45) is 0 Å². The summed E-state index contributed by atoms with van der Waals surface area (Å²) in [7, 11) is 0. The minimum atomic E-state index is -0.417. The average molecular weight is 566 g/mol. The molecule has 2 saturated heterocycles. The maximum atomic E-state index is 6.37. The number of anilines is 3. The summed E-state index contributed by atoms with van der Waals surface area (Å²) in [5.74, 6) is 1.51. The van der Waals surface area contributed by atoms with Crippen LogP contribution in [0.1, 0.15) is 24.0 Å². The van der Waals surface area contributed by atoms with Crippen molar-refractivity contribution in [2.75, 3.05) is 49.3 Å². The topological polar surface area (TPSA) is 65.5 Å². The Morgan fingerprint density at radius 1 is 0.643 bits per heavy atom. The molecule has 0 radical (unpaired) electrons. The van der Waals surface area contributed by atoms with Crippen LogP contribution in [0, 0.1) is 0 Å². The zero-order valence-corrected chi connectivity index (χ0v) is 23.6. The van der Waals surface area contributed by atoms with Crippen molar-refractivity contribution in [1.82, 2.24) is 4.98 Å². The third-order valence-electron chi connectivity index (χ3n) is 8.06. The van der Waals surface area contributed by atoms with Crippen LogP contribution in [0.5, 0.6) is 17.5 Å². The molecule has 0 amide bonds. The summed E-state index contributed by atoms with van der Waals surface area (Å²) in [4.78, 5) is 9.46. The Bertz CT molecular complexity index is 1480. The van der Waals surface area contributed by atoms with Gasteiger partial charge in [0.15, 0.2) is 11.5 Å². The third-order valence-corrected chi connectivity index (χ3v) is 8.06. The largest absolute Gasteiger partial charge is 0.487 e. The van der Waals surface area contributed by atoms with Crippen molar-refractivity contribution in [2.45, 2.75) is 31.8 Å². The van der Waals surface area contributed by atoms with E-state index in [1.807, 2.05) is 60.7 Å². The van der Waals surface area contributed by atoms with Gasteiger partial charge in [-0.1, -0.05) is 66.7 Å². The highest BCUT2D eigenvalue weighted by Crippen LogP contribution is 2.46. The average Bonchev–Trinajstić information content (AvgIpc) is 3.51. The number of rotatable bonds is 8. The lowest BCUT2D eigenvalue weighted by Gasteiger charge is -2.40. The summed E-state index contributed by atoms with van der Waals surface area (Å²) < 4.78 is 30.7. The fourth-order valence-corrected chi connectivity index (χ4v) is 5.87. The number of fused-ring (bicyclic) bond motifs is 1. The van der Waals surface area contributed by atoms with Gasteiger partial charge < -0.3 is 33.5 Å². The summed E-state index contributed by atoms with van der Waals surface area (Å²) in [6.07, 6.45) is 1.68. The molecule has 1 aromatic heterocycles. The molecule has 3 aliphatic rings. The Labute approximate surface area is 246 Å². The monoisotopic (exact) mass is 565 g/mol. The van der Waals surface area contributed by atoms with E-state index >= 15 is 0 Å². The van der Waals surface area contributed by atoms with Crippen LogP contribution in [-0.4, -0.2) is 50.2 Å². The fourth-order valence-electron chi connectivity index (χ4n) is 5.87. The number of para-hydroxylation sites is 1. The minimum Gasteiger partial charge on any atom is -0.487 e. The van der Waals surface area contributed by atoms with Gasteiger partial charge in [-0.25, -0.2) is 0 Å². The van der Waals surface area contributed by atoms with E-state index in [0.29, 0.717) is 51.3 Å². The van der Waals surface area contributed by atoms with E-state index in [0.717, 1.165) is 59.9 Å². The van der Waals surface area contributed by atoms with E-state index < -0.39 is 5.79 Å². The van der Waals surface area contributed by atoms with Crippen LogP contribution in [0.25, 0.3) is 0 Å². The quantitative estimate of drug-likeness (QED) is 0.254. The van der Waals surface area contributed by atoms with Gasteiger partial charge in [-0.15, -0.1) is 0 Å². The second kappa shape index (κ2) is 11.9. The zero-order chi connectivity index (χ0) is 28.2. The van der Waals surface area contributed by atoms with Gasteiger partial charge >= 0.3 is 0 Å². The summed E-state index contributed by atoms with van der Waals surface area (Å²) in [5.41, 5.74) is 5.12. The lowest BCUT2D eigenvalue weighted by molar-refractivity contribution is -0.169. The van der Waals surface area contributed by atoms with Gasteiger partial charge in [0.05, 0.1) is 31.1 Å². The Hall–Kier alpha value is -4.27. The van der Waals surface area contributed by atoms with Crippen molar-refractivity contribution in [3.8, 4) is 17.5 Å². The number of hydrogen-bond donors (Lipinski definition) is 0. The molecule has 3 aromatic carbocycles. The third kappa shape index (κ3) is 5.60. The molecule has 0 bridgehead atoms. The molecule has 0 N–H and O–H groups in total. The Morgan fingerprint density at radius 2 is 1.31 bits per heavy atom. The van der Waals surface area contributed by atoms with Gasteiger partial charge in [0.1, 0.15) is 25.5 Å². The summed E-state index contributed by atoms with van der Waals surface area (Å²) in [6, 6.07) is 30.5. The SMILES string of the molecule is c1ccc(COc2ccc(N3CCOc4c(N5CCC6(CC5)OCCO6)cccc43)c(OCc3ccccc3)n2)cc1. The van der Waals surface area contributed by atoms with Crippen molar-refractivity contribution >= 4 is 17.1 Å². The Balaban J connectivity index is 1.16. The lowest BCUT2D eigenvalue weighted by atomic mass is 10.0. The second-order valence-corrected chi connectivity index (χ2v) is 10.7. The number of benzene rings is 3. The number of pyridine rings is 1. The van der Waals surface area contributed by atoms with Crippen molar-refractivity contribution in [3.05, 3.63) is 102 Å². The first kappa shape index (κ1) is 26.6. The zero-order valence-electron chi connectivity index (χ0n) is 23.6. The fraction of sp³-hybridized carbons (Fsp3) is 0.324. The molecule has 4 heterocycles. The molecule has 2 fully saturated rings. The molecule has 8 nitrogen and oxygen atoms in total. The van der Waals surface area contributed by atoms with E-state index in [1.54, 1.807) is 0 Å². The van der Waals surface area contributed by atoms with E-state index in [9.17, 15) is 0 Å². The predicted octanol–water partition coefficient (Wildman–Crippen LogP) is 6.11. The number of hydrogen-bond acceptors (Lipinski definition) is 8.